The van der Waals surface area contributed by atoms with Gasteiger partial charge in [-0.15, -0.1) is 0 Å². The van der Waals surface area contributed by atoms with E-state index in [1.807, 2.05) is 0 Å². The molecule has 0 radical (unpaired) electrons. The van der Waals surface area contributed by atoms with Crippen LogP contribution in [0.5, 0.6) is 0 Å². The third-order valence-corrected chi connectivity index (χ3v) is 9.53. The third kappa shape index (κ3) is 20.1. The third-order valence-electron chi connectivity index (χ3n) is 9.53. The highest BCUT2D eigenvalue weighted by Crippen LogP contribution is 2.20. The molecule has 0 spiro atoms. The van der Waals surface area contributed by atoms with E-state index in [4.69, 9.17) is 0 Å². The van der Waals surface area contributed by atoms with E-state index in [-0.39, 0.29) is 0 Å². The van der Waals surface area contributed by atoms with Crippen LogP contribution in [0.25, 0.3) is 0 Å². The van der Waals surface area contributed by atoms with Crippen molar-refractivity contribution in [3.8, 4) is 0 Å². The van der Waals surface area contributed by atoms with Crippen molar-refractivity contribution in [1.82, 2.24) is 4.90 Å². The second kappa shape index (κ2) is 27.6. The molecule has 0 fully saturated rings. The molecule has 0 amide bonds. The smallest absolute Gasteiger partial charge is 0.247 e. The Morgan fingerprint density at radius 3 is 1.18 bits per heavy atom. The van der Waals surface area contributed by atoms with E-state index in [1.165, 1.54) is 199 Å². The minimum atomic E-state index is 0.763. The zero-order valence-electron chi connectivity index (χ0n) is 27.9. The molecule has 0 aliphatic carbocycles. The molecule has 0 saturated heterocycles. The summed E-state index contributed by atoms with van der Waals surface area (Å²) < 4.78 is 2.69. The van der Waals surface area contributed by atoms with Crippen molar-refractivity contribution in [2.75, 3.05) is 20.1 Å². The Labute approximate surface area is 248 Å². The predicted octanol–water partition coefficient (Wildman–Crippen LogP) is 12.1. The first-order chi connectivity index (χ1) is 19.2. The van der Waals surface area contributed by atoms with Crippen LogP contribution in [0.15, 0.2) is 0 Å². The van der Waals surface area contributed by atoms with Crippen LogP contribution in [-0.4, -0.2) is 41.5 Å². The van der Waals surface area contributed by atoms with Crippen LogP contribution in [0.2, 0.25) is 0 Å². The van der Waals surface area contributed by atoms with Gasteiger partial charge in [0.25, 0.3) is 0 Å². The second-order valence-corrected chi connectivity index (χ2v) is 13.1. The molecule has 1 heterocycles. The normalized spacial score (nSPS) is 15.7. The van der Waals surface area contributed by atoms with Crippen molar-refractivity contribution < 1.29 is 4.58 Å². The Balaban J connectivity index is 1.97. The highest BCUT2D eigenvalue weighted by Gasteiger charge is 2.34. The Hall–Kier alpha value is -0.530. The molecule has 1 aliphatic rings. The van der Waals surface area contributed by atoms with E-state index in [9.17, 15) is 0 Å². The van der Waals surface area contributed by atoms with E-state index >= 15 is 0 Å². The summed E-state index contributed by atoms with van der Waals surface area (Å²) >= 11 is 0. The summed E-state index contributed by atoms with van der Waals surface area (Å²) in [5.41, 5.74) is 0. The van der Waals surface area contributed by atoms with Crippen LogP contribution >= 0.6 is 0 Å². The summed E-state index contributed by atoms with van der Waals surface area (Å²) in [6, 6.07) is 0.763. The van der Waals surface area contributed by atoms with Gasteiger partial charge in [-0.3, -0.25) is 9.48 Å². The molecule has 0 bridgehead atoms. The van der Waals surface area contributed by atoms with Gasteiger partial charge in [0.15, 0.2) is 0 Å². The van der Waals surface area contributed by atoms with Gasteiger partial charge in [0.05, 0.1) is 13.6 Å². The first kappa shape index (κ1) is 36.5. The molecule has 232 valence electrons. The van der Waals surface area contributed by atoms with Gasteiger partial charge in [0.2, 0.25) is 5.84 Å². The number of unbranched alkanes of at least 4 members (excludes halogenated alkanes) is 25. The van der Waals surface area contributed by atoms with Crippen molar-refractivity contribution in [3.05, 3.63) is 0 Å². The SMILES string of the molecule is CCCCCCCCCCCCCCCCC1C[N+](CC)=C(CCCCCCCCCCCCCCC)N1C. The largest absolute Gasteiger partial charge is 0.262 e. The van der Waals surface area contributed by atoms with Crippen molar-refractivity contribution in [3.63, 3.8) is 0 Å². The van der Waals surface area contributed by atoms with Gasteiger partial charge in [-0.2, -0.15) is 0 Å². The zero-order chi connectivity index (χ0) is 28.2. The van der Waals surface area contributed by atoms with Crippen LogP contribution in [0.3, 0.4) is 0 Å². The Morgan fingerprint density at radius 1 is 0.487 bits per heavy atom. The standard InChI is InChI=1S/C37H75N2/c1-5-8-10-12-14-16-18-20-22-23-25-27-29-31-33-36-35-39(7-3)37(38(36)4)34-32-30-28-26-24-21-19-17-15-13-11-9-6-2/h36H,5-35H2,1-4H3/q+1. The van der Waals surface area contributed by atoms with Gasteiger partial charge in [-0.1, -0.05) is 174 Å². The van der Waals surface area contributed by atoms with Crippen molar-refractivity contribution in [2.24, 2.45) is 0 Å². The average molecular weight is 548 g/mol. The van der Waals surface area contributed by atoms with Gasteiger partial charge in [-0.05, 0) is 26.2 Å². The lowest BCUT2D eigenvalue weighted by molar-refractivity contribution is -0.518. The van der Waals surface area contributed by atoms with Crippen LogP contribution in [0, 0.1) is 0 Å². The number of rotatable bonds is 30. The van der Waals surface area contributed by atoms with Gasteiger partial charge in [-0.25, -0.2) is 0 Å². The molecule has 0 N–H and O–H groups in total. The quantitative estimate of drug-likeness (QED) is 0.0640. The number of nitrogens with zero attached hydrogens (tertiary/aromatic N) is 2. The summed E-state index contributed by atoms with van der Waals surface area (Å²) in [5, 5.41) is 0. The number of likely N-dealkylation sites (N-methyl/N-ethyl adjacent to an activating group) is 2. The van der Waals surface area contributed by atoms with E-state index in [1.54, 1.807) is 5.84 Å². The summed E-state index contributed by atoms with van der Waals surface area (Å²) in [5.74, 6) is 1.65. The molecule has 0 aromatic rings. The predicted molar refractivity (Wildman–Crippen MR) is 177 cm³/mol. The summed E-state index contributed by atoms with van der Waals surface area (Å²) in [6.07, 6.45) is 41.9. The molecule has 2 heteroatoms. The molecule has 0 saturated carbocycles. The minimum absolute atomic E-state index is 0.763. The van der Waals surface area contributed by atoms with Crippen molar-refractivity contribution >= 4 is 5.84 Å². The fraction of sp³-hybridized carbons (Fsp3) is 0.973. The second-order valence-electron chi connectivity index (χ2n) is 13.1. The van der Waals surface area contributed by atoms with Crippen LogP contribution < -0.4 is 0 Å². The van der Waals surface area contributed by atoms with E-state index in [0.29, 0.717) is 0 Å². The maximum Gasteiger partial charge on any atom is 0.247 e. The maximum atomic E-state index is 2.69. The molecule has 1 unspecified atom stereocenters. The van der Waals surface area contributed by atoms with Gasteiger partial charge in [0, 0.05) is 6.42 Å². The number of hydrogen-bond acceptors (Lipinski definition) is 1. The van der Waals surface area contributed by atoms with Crippen LogP contribution in [-0.2, 0) is 0 Å². The lowest BCUT2D eigenvalue weighted by Gasteiger charge is -2.16. The molecule has 39 heavy (non-hydrogen) atoms. The topological polar surface area (TPSA) is 6.25 Å². The Bertz CT molecular complexity index is 540. The molecule has 1 aliphatic heterocycles. The van der Waals surface area contributed by atoms with Crippen molar-refractivity contribution in [1.29, 1.82) is 0 Å². The Kier molecular flexibility index (Phi) is 25.9. The molecule has 0 aromatic heterocycles. The average Bonchev–Trinajstić information content (AvgIpc) is 3.25. The molecular formula is C37H75N2+. The summed E-state index contributed by atoms with van der Waals surface area (Å²) in [4.78, 5) is 2.67. The highest BCUT2D eigenvalue weighted by atomic mass is 15.3. The van der Waals surface area contributed by atoms with Crippen LogP contribution in [0.1, 0.15) is 207 Å². The van der Waals surface area contributed by atoms with E-state index in [2.05, 4.69) is 37.3 Å². The zero-order valence-corrected chi connectivity index (χ0v) is 27.9. The molecule has 1 atom stereocenters. The molecule has 2 nitrogen and oxygen atoms in total. The lowest BCUT2D eigenvalue weighted by Crippen LogP contribution is -2.32. The van der Waals surface area contributed by atoms with Crippen LogP contribution in [0.4, 0.5) is 0 Å². The number of hydrogen-bond donors (Lipinski definition) is 0. The van der Waals surface area contributed by atoms with Gasteiger partial charge >= 0.3 is 0 Å². The first-order valence-electron chi connectivity index (χ1n) is 18.6. The van der Waals surface area contributed by atoms with Gasteiger partial charge < -0.3 is 0 Å². The summed E-state index contributed by atoms with van der Waals surface area (Å²) in [7, 11) is 2.39. The molecular weight excluding hydrogens is 472 g/mol. The number of amidine groups is 1. The van der Waals surface area contributed by atoms with Crippen molar-refractivity contribution in [2.45, 2.75) is 213 Å². The Morgan fingerprint density at radius 2 is 0.821 bits per heavy atom. The fourth-order valence-corrected chi connectivity index (χ4v) is 6.72. The van der Waals surface area contributed by atoms with Gasteiger partial charge in [0.1, 0.15) is 12.6 Å². The minimum Gasteiger partial charge on any atom is -0.262 e. The molecule has 1 rings (SSSR count). The van der Waals surface area contributed by atoms with E-state index < -0.39 is 0 Å². The van der Waals surface area contributed by atoms with E-state index in [0.717, 1.165) is 6.04 Å². The first-order valence-corrected chi connectivity index (χ1v) is 18.6. The fourth-order valence-electron chi connectivity index (χ4n) is 6.72. The molecule has 0 aromatic carbocycles. The lowest BCUT2D eigenvalue weighted by atomic mass is 10.0. The maximum absolute atomic E-state index is 2.69. The monoisotopic (exact) mass is 548 g/mol. The summed E-state index contributed by atoms with van der Waals surface area (Å²) in [6.45, 7) is 9.44. The highest BCUT2D eigenvalue weighted by molar-refractivity contribution is 5.78.